The Morgan fingerprint density at radius 1 is 1.07 bits per heavy atom. The summed E-state index contributed by atoms with van der Waals surface area (Å²) in [5, 5.41) is 82.9. The lowest BCUT2D eigenvalue weighted by Crippen LogP contribution is -2.63. The van der Waals surface area contributed by atoms with Crippen LogP contribution >= 0.6 is 0 Å². The predicted molar refractivity (Wildman–Crippen MR) is 84.8 cm³/mol. The van der Waals surface area contributed by atoms with Gasteiger partial charge in [-0.1, -0.05) is 0 Å². The molecule has 13 nitrogen and oxygen atoms in total. The molecule has 1 rings (SSSR count). The number of aliphatic hydroxyl groups is 9. The summed E-state index contributed by atoms with van der Waals surface area (Å²) >= 11 is 0. The van der Waals surface area contributed by atoms with Crippen LogP contribution in [0.2, 0.25) is 0 Å². The Morgan fingerprint density at radius 2 is 1.63 bits per heavy atom. The van der Waals surface area contributed by atoms with E-state index in [2.05, 4.69) is 5.32 Å². The lowest BCUT2D eigenvalue weighted by Gasteiger charge is -2.40. The molecule has 10 N–H and O–H groups in total. The van der Waals surface area contributed by atoms with E-state index in [4.69, 9.17) is 35.4 Å². The molecule has 0 radical (unpaired) electrons. The Morgan fingerprint density at radius 3 is 2.04 bits per heavy atom. The van der Waals surface area contributed by atoms with Crippen LogP contribution in [0.25, 0.3) is 0 Å². The molecule has 0 bridgehead atoms. The quantitative estimate of drug-likeness (QED) is 0.179. The molecule has 0 aromatic heterocycles. The van der Waals surface area contributed by atoms with Gasteiger partial charge >= 0.3 is 0 Å². The average molecular weight is 401 g/mol. The molecule has 1 heterocycles. The maximum absolute atomic E-state index is 10.7. The van der Waals surface area contributed by atoms with Gasteiger partial charge in [0.2, 0.25) is 5.91 Å². The zero-order chi connectivity index (χ0) is 21.3. The van der Waals surface area contributed by atoms with Gasteiger partial charge in [-0.2, -0.15) is 0 Å². The minimum absolute atomic E-state index is 0.0258. The molecule has 1 fully saturated rings. The fourth-order valence-electron chi connectivity index (χ4n) is 2.11. The molecule has 0 saturated carbocycles. The van der Waals surface area contributed by atoms with Crippen LogP contribution in [0.4, 0.5) is 0 Å². The van der Waals surface area contributed by atoms with E-state index in [0.717, 1.165) is 0 Å². The first kappa shape index (κ1) is 25.7. The van der Waals surface area contributed by atoms with Crippen molar-refractivity contribution in [1.29, 1.82) is 0 Å². The van der Waals surface area contributed by atoms with Gasteiger partial charge in [-0.3, -0.25) is 4.79 Å². The van der Waals surface area contributed by atoms with Crippen LogP contribution < -0.4 is 5.32 Å². The molecule has 1 aliphatic heterocycles. The van der Waals surface area contributed by atoms with Crippen LogP contribution in [0.5, 0.6) is 0 Å². The first-order valence-corrected chi connectivity index (χ1v) is 7.87. The van der Waals surface area contributed by atoms with Crippen molar-refractivity contribution in [2.24, 2.45) is 0 Å². The fraction of sp³-hybridized carbons (Fsp3) is 0.857. The number of carbonyl (C=O) groups is 2. The van der Waals surface area contributed by atoms with Gasteiger partial charge in [0.15, 0.2) is 12.6 Å². The Kier molecular flexibility index (Phi) is 11.7. The average Bonchev–Trinajstić information content (AvgIpc) is 2.65. The Bertz CT molecular complexity index is 452. The molecular formula is C14H27NO12. The Hall–Kier alpha value is -1.26. The van der Waals surface area contributed by atoms with E-state index < -0.39 is 74.2 Å². The second-order valence-electron chi connectivity index (χ2n) is 5.81. The summed E-state index contributed by atoms with van der Waals surface area (Å²) in [6.45, 7) is -0.0736. The summed E-state index contributed by atoms with van der Waals surface area (Å²) in [7, 11) is 0. The molecule has 1 amide bonds. The van der Waals surface area contributed by atoms with Gasteiger partial charge in [0.25, 0.3) is 0 Å². The van der Waals surface area contributed by atoms with Crippen LogP contribution in [0.15, 0.2) is 0 Å². The van der Waals surface area contributed by atoms with Crippen molar-refractivity contribution in [3.05, 3.63) is 0 Å². The highest BCUT2D eigenvalue weighted by Crippen LogP contribution is 2.19. The van der Waals surface area contributed by atoms with Crippen molar-refractivity contribution in [3.8, 4) is 0 Å². The Balaban J connectivity index is 0.000000516. The number of rotatable bonds is 7. The number of nitrogens with one attached hydrogen (secondary N) is 1. The molecule has 13 heteroatoms. The molecule has 1 aliphatic rings. The molecule has 0 aliphatic carbocycles. The smallest absolute Gasteiger partial charge is 0.217 e. The maximum atomic E-state index is 10.7. The number of hydrogen-bond donors (Lipinski definition) is 10. The molecule has 0 aromatic rings. The highest BCUT2D eigenvalue weighted by atomic mass is 16.6. The lowest BCUT2D eigenvalue weighted by molar-refractivity contribution is -0.253. The summed E-state index contributed by atoms with van der Waals surface area (Å²) in [5.41, 5.74) is 0. The lowest BCUT2D eigenvalue weighted by atomic mass is 9.97. The third-order valence-electron chi connectivity index (χ3n) is 3.69. The molecular weight excluding hydrogens is 374 g/mol. The van der Waals surface area contributed by atoms with E-state index in [1.807, 2.05) is 0 Å². The summed E-state index contributed by atoms with van der Waals surface area (Å²) < 4.78 is 4.81. The zero-order valence-corrected chi connectivity index (χ0v) is 14.4. The summed E-state index contributed by atoms with van der Waals surface area (Å²) in [4.78, 5) is 20.6. The second kappa shape index (κ2) is 12.2. The van der Waals surface area contributed by atoms with Crippen LogP contribution in [0, 0.1) is 0 Å². The highest BCUT2D eigenvalue weighted by molar-refractivity contribution is 5.73. The summed E-state index contributed by atoms with van der Waals surface area (Å²) in [6.07, 6.45) is -12.1. The van der Waals surface area contributed by atoms with Crippen molar-refractivity contribution in [3.63, 3.8) is 0 Å². The molecule has 0 spiro atoms. The van der Waals surface area contributed by atoms with E-state index in [9.17, 15) is 24.9 Å². The van der Waals surface area contributed by atoms with Gasteiger partial charge in [0, 0.05) is 6.92 Å². The predicted octanol–water partition coefficient (Wildman–Crippen LogP) is -6.46. The Labute approximate surface area is 154 Å². The van der Waals surface area contributed by atoms with Gasteiger partial charge in [0.05, 0.1) is 13.2 Å². The van der Waals surface area contributed by atoms with Crippen molar-refractivity contribution in [1.82, 2.24) is 5.32 Å². The normalized spacial score (nSPS) is 32.3. The summed E-state index contributed by atoms with van der Waals surface area (Å²) in [6, 6.07) is -1.10. The third-order valence-corrected chi connectivity index (χ3v) is 3.69. The first-order chi connectivity index (χ1) is 12.5. The minimum Gasteiger partial charge on any atom is -0.394 e. The zero-order valence-electron chi connectivity index (χ0n) is 14.4. The number of hydrogen-bond acceptors (Lipinski definition) is 12. The van der Waals surface area contributed by atoms with Gasteiger partial charge in [-0.05, 0) is 0 Å². The van der Waals surface area contributed by atoms with Gasteiger partial charge in [0.1, 0.15) is 48.8 Å². The monoisotopic (exact) mass is 401 g/mol. The van der Waals surface area contributed by atoms with E-state index in [1.165, 1.54) is 6.92 Å². The van der Waals surface area contributed by atoms with Gasteiger partial charge < -0.3 is 60.8 Å². The molecule has 1 saturated heterocycles. The number of ether oxygens (including phenoxy) is 1. The van der Waals surface area contributed by atoms with Crippen molar-refractivity contribution < 1.29 is 60.3 Å². The number of amides is 1. The number of aldehydes is 1. The molecule has 0 aromatic carbocycles. The molecule has 1 unspecified atom stereocenters. The molecule has 27 heavy (non-hydrogen) atoms. The largest absolute Gasteiger partial charge is 0.394 e. The van der Waals surface area contributed by atoms with E-state index in [0.29, 0.717) is 0 Å². The van der Waals surface area contributed by atoms with Crippen LogP contribution in [0.1, 0.15) is 6.92 Å². The van der Waals surface area contributed by atoms with Gasteiger partial charge in [-0.15, -0.1) is 0 Å². The standard InChI is InChI=1S/C8H15NO6.C6H12O6/c1-3(11)9-5-7(13)6(12)4(2-10)15-8(5)14;7-1-3(9)5(11)6(12)4(10)2-8/h4-8,10,12-14H,2H2,1H3,(H,9,11);1,3-6,8-12H,2H2/t4-,5-,6+,7-,8?;3-,4-,5-,6-/m11/s1. The molecule has 9 atom stereocenters. The third kappa shape index (κ3) is 7.71. The van der Waals surface area contributed by atoms with Crippen LogP contribution in [-0.4, -0.2) is 126 Å². The SMILES string of the molecule is CC(=O)N[C@H]1C(O)O[C@H](CO)[C@H](O)[C@@H]1O.O=C[C@@H](O)[C@@H](O)[C@H](O)[C@H](O)CO. The van der Waals surface area contributed by atoms with E-state index in [-0.39, 0.29) is 6.29 Å². The second-order valence-corrected chi connectivity index (χ2v) is 5.81. The van der Waals surface area contributed by atoms with Crippen molar-refractivity contribution >= 4 is 12.2 Å². The van der Waals surface area contributed by atoms with Crippen LogP contribution in [0.3, 0.4) is 0 Å². The molecule has 160 valence electrons. The minimum atomic E-state index is -1.79. The van der Waals surface area contributed by atoms with E-state index >= 15 is 0 Å². The number of aliphatic hydroxyl groups excluding tert-OH is 9. The summed E-state index contributed by atoms with van der Waals surface area (Å²) in [5.74, 6) is -0.462. The van der Waals surface area contributed by atoms with E-state index in [1.54, 1.807) is 0 Å². The topological polar surface area (TPSA) is 237 Å². The maximum Gasteiger partial charge on any atom is 0.217 e. The fourth-order valence-corrected chi connectivity index (χ4v) is 2.11. The van der Waals surface area contributed by atoms with Crippen molar-refractivity contribution in [2.75, 3.05) is 13.2 Å². The van der Waals surface area contributed by atoms with Crippen molar-refractivity contribution in [2.45, 2.75) is 62.0 Å². The first-order valence-electron chi connectivity index (χ1n) is 7.87. The van der Waals surface area contributed by atoms with Gasteiger partial charge in [-0.25, -0.2) is 0 Å². The number of carbonyl (C=O) groups excluding carboxylic acids is 2. The van der Waals surface area contributed by atoms with Crippen LogP contribution in [-0.2, 0) is 14.3 Å². The highest BCUT2D eigenvalue weighted by Gasteiger charge is 2.43.